The number of carbonyl (C=O) groups is 3. The number of ether oxygens (including phenoxy) is 1. The number of carbonyl (C=O) groups excluding carboxylic acids is 3. The van der Waals surface area contributed by atoms with Gasteiger partial charge in [0.25, 0.3) is 11.9 Å². The van der Waals surface area contributed by atoms with E-state index in [2.05, 4.69) is 20.3 Å². The lowest BCUT2D eigenvalue weighted by Gasteiger charge is -2.30. The van der Waals surface area contributed by atoms with E-state index >= 15 is 0 Å². The van der Waals surface area contributed by atoms with E-state index in [9.17, 15) is 53.5 Å². The van der Waals surface area contributed by atoms with Gasteiger partial charge in [0.05, 0.1) is 27.9 Å². The number of benzene rings is 2. The quantitative estimate of drug-likeness (QED) is 0.185. The monoisotopic (exact) mass is 842 g/mol. The highest BCUT2D eigenvalue weighted by Gasteiger charge is 2.63. The van der Waals surface area contributed by atoms with Crippen LogP contribution in [0.5, 0.6) is 6.01 Å². The van der Waals surface area contributed by atoms with Crippen LogP contribution in [0.2, 0.25) is 0 Å². The molecule has 4 aliphatic rings. The zero-order valence-corrected chi connectivity index (χ0v) is 31.9. The van der Waals surface area contributed by atoms with Crippen molar-refractivity contribution >= 4 is 44.5 Å². The van der Waals surface area contributed by atoms with Gasteiger partial charge in [-0.15, -0.1) is 0 Å². The smallest absolute Gasteiger partial charge is 0.416 e. The first kappa shape index (κ1) is 41.3. The fraction of sp³-hybridized carbons (Fsp3) is 0.526. The van der Waals surface area contributed by atoms with Crippen molar-refractivity contribution < 1.29 is 58.3 Å². The number of aromatic nitrogens is 2. The molecule has 3 aromatic rings. The van der Waals surface area contributed by atoms with Crippen molar-refractivity contribution in [1.82, 2.24) is 24.5 Å². The number of rotatable bonds is 8. The summed E-state index contributed by atoms with van der Waals surface area (Å²) in [6, 6.07) is 4.49. The minimum Gasteiger partial charge on any atom is -0.459 e. The molecule has 2 aliphatic heterocycles. The molecule has 3 amide bonds. The van der Waals surface area contributed by atoms with Crippen molar-refractivity contribution in [2.45, 2.75) is 112 Å². The Bertz CT molecular complexity index is 2240. The van der Waals surface area contributed by atoms with Gasteiger partial charge in [0, 0.05) is 18.0 Å². The molecule has 3 fully saturated rings. The molecule has 2 aromatic carbocycles. The second-order valence-corrected chi connectivity index (χ2v) is 17.9. The number of hydrogen-bond donors (Lipinski definition) is 3. The number of alkyl halides is 6. The SMILES string of the molecule is CC1(S(=O)(=O)NC(=O)[C@@]23C[C@H]2/C=C\CCCCC[C@H](Nc2cc(F)cc(C(F)(F)F)c2)C(=O)N2C[C@H](Oc4nc5ccccc5n4CC(F)(F)F)C[C@H]2C(=O)N3)CC1. The third kappa shape index (κ3) is 8.61. The minimum atomic E-state index is -4.91. The van der Waals surface area contributed by atoms with E-state index in [0.717, 1.165) is 15.5 Å². The van der Waals surface area contributed by atoms with Crippen LogP contribution in [-0.2, 0) is 37.1 Å². The van der Waals surface area contributed by atoms with Crippen LogP contribution in [0.4, 0.5) is 36.4 Å². The predicted octanol–water partition coefficient (Wildman–Crippen LogP) is 5.98. The molecular weight excluding hydrogens is 802 g/mol. The molecule has 0 bridgehead atoms. The molecular formula is C38H41F7N6O6S. The predicted molar refractivity (Wildman–Crippen MR) is 195 cm³/mol. The molecule has 3 N–H and O–H groups in total. The maximum Gasteiger partial charge on any atom is 0.416 e. The number of allylic oxidation sites excluding steroid dienone is 1. The summed E-state index contributed by atoms with van der Waals surface area (Å²) in [6.45, 7) is -0.393. The van der Waals surface area contributed by atoms with E-state index in [1.807, 2.05) is 0 Å². The average Bonchev–Trinajstić information content (AvgIpc) is 3.97. The van der Waals surface area contributed by atoms with Gasteiger partial charge in [0.15, 0.2) is 0 Å². The lowest BCUT2D eigenvalue weighted by molar-refractivity contribution is -0.141. The lowest BCUT2D eigenvalue weighted by atomic mass is 10.0. The van der Waals surface area contributed by atoms with Gasteiger partial charge in [-0.2, -0.15) is 31.3 Å². The number of nitrogens with one attached hydrogen (secondary N) is 3. The van der Waals surface area contributed by atoms with Crippen LogP contribution < -0.4 is 20.1 Å². The lowest BCUT2D eigenvalue weighted by Crippen LogP contribution is -2.58. The molecule has 1 saturated heterocycles. The summed E-state index contributed by atoms with van der Waals surface area (Å²) in [7, 11) is -4.13. The first-order chi connectivity index (χ1) is 27.2. The Morgan fingerprint density at radius 1 is 1.05 bits per heavy atom. The molecule has 1 aromatic heterocycles. The van der Waals surface area contributed by atoms with Gasteiger partial charge in [0.1, 0.15) is 36.1 Å². The molecule has 58 heavy (non-hydrogen) atoms. The average molecular weight is 843 g/mol. The maximum absolute atomic E-state index is 14.6. The van der Waals surface area contributed by atoms with Crippen LogP contribution in [0.3, 0.4) is 0 Å². The number of sulfonamides is 1. The van der Waals surface area contributed by atoms with Gasteiger partial charge in [-0.1, -0.05) is 37.1 Å². The highest BCUT2D eigenvalue weighted by atomic mass is 32.2. The summed E-state index contributed by atoms with van der Waals surface area (Å²) < 4.78 is 131. The molecule has 0 spiro atoms. The third-order valence-corrected chi connectivity index (χ3v) is 13.4. The first-order valence-corrected chi connectivity index (χ1v) is 20.4. The van der Waals surface area contributed by atoms with E-state index in [4.69, 9.17) is 4.74 Å². The number of amides is 3. The Hall–Kier alpha value is -4.88. The second kappa shape index (κ2) is 15.1. The largest absolute Gasteiger partial charge is 0.459 e. The summed E-state index contributed by atoms with van der Waals surface area (Å²) in [5.41, 5.74) is -3.11. The molecule has 0 radical (unpaired) electrons. The van der Waals surface area contributed by atoms with Crippen LogP contribution >= 0.6 is 0 Å². The molecule has 314 valence electrons. The van der Waals surface area contributed by atoms with E-state index in [-0.39, 0.29) is 36.0 Å². The molecule has 20 heteroatoms. The molecule has 5 atom stereocenters. The summed E-state index contributed by atoms with van der Waals surface area (Å²) in [5, 5.41) is 5.41. The third-order valence-electron chi connectivity index (χ3n) is 11.3. The number of anilines is 1. The zero-order chi connectivity index (χ0) is 41.8. The normalized spacial score (nSPS) is 27.1. The number of fused-ring (bicyclic) bond motifs is 3. The molecule has 12 nitrogen and oxygen atoms in total. The number of hydrogen-bond acceptors (Lipinski definition) is 8. The Morgan fingerprint density at radius 3 is 2.50 bits per heavy atom. The molecule has 2 saturated carbocycles. The standard InChI is InChI=1S/C38H41F7N6O6S/c1-35(13-14-35)58(55,56)49-33(54)36-19-22(36)9-5-3-2-4-6-11-28(46-25-16-23(38(43,44)45)15-24(39)17-25)32(53)50-20-26(18-30(50)31(52)48-36)57-34-47-27-10-7-8-12-29(27)51(34)21-37(40,41)42/h5,7-10,12,15-17,22,26,28,30,46H,2-4,6,11,13-14,18-21H2,1H3,(H,48,52)(H,49,54)/b9-5-/t22-,26-,28+,30+,36-/m1/s1. The Morgan fingerprint density at radius 2 is 1.79 bits per heavy atom. The Balaban J connectivity index is 1.23. The van der Waals surface area contributed by atoms with Gasteiger partial charge >= 0.3 is 12.4 Å². The van der Waals surface area contributed by atoms with Crippen molar-refractivity contribution in [1.29, 1.82) is 0 Å². The number of halogens is 7. The van der Waals surface area contributed by atoms with Crippen molar-refractivity contribution in [3.63, 3.8) is 0 Å². The van der Waals surface area contributed by atoms with E-state index in [0.29, 0.717) is 50.7 Å². The van der Waals surface area contributed by atoms with Crippen LogP contribution in [0.15, 0.2) is 54.6 Å². The highest BCUT2D eigenvalue weighted by Crippen LogP contribution is 2.47. The van der Waals surface area contributed by atoms with Crippen LogP contribution in [-0.4, -0.2) is 81.8 Å². The second-order valence-electron chi connectivity index (χ2n) is 15.7. The van der Waals surface area contributed by atoms with Crippen molar-refractivity contribution in [2.24, 2.45) is 5.92 Å². The summed E-state index contributed by atoms with van der Waals surface area (Å²) in [5.74, 6) is -4.51. The fourth-order valence-corrected chi connectivity index (χ4v) is 8.92. The topological polar surface area (TPSA) is 152 Å². The zero-order valence-electron chi connectivity index (χ0n) is 31.1. The summed E-state index contributed by atoms with van der Waals surface area (Å²) in [6.07, 6.45) is -4.82. The van der Waals surface area contributed by atoms with Gasteiger partial charge < -0.3 is 20.3 Å². The molecule has 2 aliphatic carbocycles. The number of imidazole rings is 1. The van der Waals surface area contributed by atoms with Gasteiger partial charge in [-0.25, -0.2) is 12.8 Å². The number of para-hydroxylation sites is 2. The van der Waals surface area contributed by atoms with Crippen molar-refractivity contribution in [3.05, 3.63) is 66.0 Å². The van der Waals surface area contributed by atoms with Crippen molar-refractivity contribution in [2.75, 3.05) is 11.9 Å². The van der Waals surface area contributed by atoms with Gasteiger partial charge in [-0.05, 0) is 75.8 Å². The van der Waals surface area contributed by atoms with E-state index in [1.54, 1.807) is 18.2 Å². The van der Waals surface area contributed by atoms with Crippen LogP contribution in [0.25, 0.3) is 11.0 Å². The Labute approximate surface area is 328 Å². The maximum atomic E-state index is 14.6. The van der Waals surface area contributed by atoms with Gasteiger partial charge in [0.2, 0.25) is 21.8 Å². The first-order valence-electron chi connectivity index (χ1n) is 18.9. The summed E-state index contributed by atoms with van der Waals surface area (Å²) in [4.78, 5) is 48.0. The minimum absolute atomic E-state index is 0.0284. The van der Waals surface area contributed by atoms with Crippen molar-refractivity contribution in [3.8, 4) is 6.01 Å². The van der Waals surface area contributed by atoms with Gasteiger partial charge in [-0.3, -0.25) is 23.7 Å². The highest BCUT2D eigenvalue weighted by molar-refractivity contribution is 7.91. The van der Waals surface area contributed by atoms with E-state index < -0.39 is 105 Å². The van der Waals surface area contributed by atoms with Crippen LogP contribution in [0, 0.1) is 11.7 Å². The molecule has 0 unspecified atom stereocenters. The fourth-order valence-electron chi connectivity index (χ4n) is 7.61. The Kier molecular flexibility index (Phi) is 10.7. The summed E-state index contributed by atoms with van der Waals surface area (Å²) >= 11 is 0. The van der Waals surface area contributed by atoms with E-state index in [1.165, 1.54) is 25.1 Å². The molecule has 3 heterocycles. The van der Waals surface area contributed by atoms with Crippen LogP contribution in [0.1, 0.15) is 70.3 Å². The number of nitrogens with zero attached hydrogens (tertiary/aromatic N) is 3. The molecule has 7 rings (SSSR count).